The van der Waals surface area contributed by atoms with E-state index in [0.717, 1.165) is 46.4 Å². The second-order valence-electron chi connectivity index (χ2n) is 10.1. The molecule has 1 N–H and O–H groups in total. The molecule has 41 heavy (non-hydrogen) atoms. The summed E-state index contributed by atoms with van der Waals surface area (Å²) >= 11 is 16.0. The number of nitrogens with one attached hydrogen (secondary N) is 1. The van der Waals surface area contributed by atoms with E-state index < -0.39 is 28.5 Å². The van der Waals surface area contributed by atoms with Crippen LogP contribution in [0, 0.1) is 0 Å². The van der Waals surface area contributed by atoms with E-state index in [0.29, 0.717) is 5.02 Å². The van der Waals surface area contributed by atoms with E-state index in [1.807, 2.05) is 24.3 Å². The lowest BCUT2D eigenvalue weighted by molar-refractivity contribution is -0.139. The number of carbonyl (C=O) groups is 2. The maximum Gasteiger partial charge on any atom is 0.264 e. The fraction of sp³-hybridized carbons (Fsp3) is 0.333. The smallest absolute Gasteiger partial charge is 0.264 e. The van der Waals surface area contributed by atoms with Gasteiger partial charge in [0.25, 0.3) is 10.0 Å². The Kier molecular flexibility index (Phi) is 10.7. The van der Waals surface area contributed by atoms with Crippen LogP contribution in [0.25, 0.3) is 0 Å². The fourth-order valence-electron chi connectivity index (χ4n) is 4.90. The number of benzene rings is 3. The number of hydrogen-bond acceptors (Lipinski definition) is 4. The Morgan fingerprint density at radius 2 is 1.68 bits per heavy atom. The summed E-state index contributed by atoms with van der Waals surface area (Å²) in [6.45, 7) is 1.19. The molecule has 0 bridgehead atoms. The normalized spacial score (nSPS) is 14.7. The molecule has 1 saturated carbocycles. The summed E-state index contributed by atoms with van der Waals surface area (Å²) in [6.07, 6.45) is 5.04. The van der Waals surface area contributed by atoms with Crippen LogP contribution in [0.15, 0.2) is 82.2 Å². The van der Waals surface area contributed by atoms with Crippen molar-refractivity contribution in [1.82, 2.24) is 10.2 Å². The number of amides is 2. The lowest BCUT2D eigenvalue weighted by Gasteiger charge is -2.33. The van der Waals surface area contributed by atoms with Crippen LogP contribution >= 0.6 is 39.1 Å². The molecule has 0 aliphatic heterocycles. The molecule has 0 saturated heterocycles. The van der Waals surface area contributed by atoms with Gasteiger partial charge in [0.2, 0.25) is 11.8 Å². The monoisotopic (exact) mass is 679 g/mol. The van der Waals surface area contributed by atoms with Crippen LogP contribution in [0.1, 0.15) is 44.6 Å². The predicted octanol–water partition coefficient (Wildman–Crippen LogP) is 6.82. The van der Waals surface area contributed by atoms with Crippen LogP contribution in [0.5, 0.6) is 0 Å². The van der Waals surface area contributed by atoms with E-state index in [1.165, 1.54) is 35.2 Å². The first kappa shape index (κ1) is 31.3. The van der Waals surface area contributed by atoms with Gasteiger partial charge in [-0.1, -0.05) is 88.7 Å². The van der Waals surface area contributed by atoms with Gasteiger partial charge in [-0.2, -0.15) is 0 Å². The molecule has 0 radical (unpaired) electrons. The number of anilines is 1. The summed E-state index contributed by atoms with van der Waals surface area (Å²) in [7, 11) is -4.22. The Hall–Kier alpha value is -2.59. The van der Waals surface area contributed by atoms with Crippen molar-refractivity contribution in [2.45, 2.75) is 62.6 Å². The highest BCUT2D eigenvalue weighted by Gasteiger charge is 2.34. The molecule has 0 unspecified atom stereocenters. The van der Waals surface area contributed by atoms with Crippen molar-refractivity contribution in [2.24, 2.45) is 0 Å². The molecule has 7 nitrogen and oxygen atoms in total. The van der Waals surface area contributed by atoms with Crippen LogP contribution in [-0.4, -0.2) is 43.8 Å². The van der Waals surface area contributed by atoms with Crippen molar-refractivity contribution in [3.05, 3.63) is 92.9 Å². The molecular formula is C30H32BrCl2N3O4S. The van der Waals surface area contributed by atoms with Crippen LogP contribution in [0.3, 0.4) is 0 Å². The third-order valence-electron chi connectivity index (χ3n) is 7.15. The Bertz CT molecular complexity index is 1480. The number of rotatable bonds is 10. The maximum atomic E-state index is 14.1. The highest BCUT2D eigenvalue weighted by atomic mass is 79.9. The van der Waals surface area contributed by atoms with Gasteiger partial charge in [0.15, 0.2) is 0 Å². The molecule has 1 fully saturated rings. The standard InChI is InChI=1S/C30H32BrCl2N3O4S/c1-21(30(38)34-25-11-4-2-5-12-25)35(19-22-9-8-10-23(31)17-22)29(37)20-36(28-16-15-24(32)18-27(28)33)41(39,40)26-13-6-3-7-14-26/h3,6-10,13-18,21,25H,2,4-5,11-12,19-20H2,1H3,(H,34,38)/t21-/m0/s1. The summed E-state index contributed by atoms with van der Waals surface area (Å²) in [5, 5.41) is 3.50. The summed E-state index contributed by atoms with van der Waals surface area (Å²) < 4.78 is 29.5. The largest absolute Gasteiger partial charge is 0.352 e. The first-order valence-corrected chi connectivity index (χ1v) is 16.4. The van der Waals surface area contributed by atoms with Gasteiger partial charge in [0, 0.05) is 22.1 Å². The fourth-order valence-corrected chi connectivity index (χ4v) is 7.36. The van der Waals surface area contributed by atoms with Crippen molar-refractivity contribution < 1.29 is 18.0 Å². The van der Waals surface area contributed by atoms with Crippen molar-refractivity contribution >= 4 is 66.7 Å². The highest BCUT2D eigenvalue weighted by molar-refractivity contribution is 9.10. The zero-order chi connectivity index (χ0) is 29.6. The Morgan fingerprint density at radius 3 is 2.34 bits per heavy atom. The van der Waals surface area contributed by atoms with Gasteiger partial charge in [-0.15, -0.1) is 0 Å². The zero-order valence-corrected chi connectivity index (χ0v) is 26.5. The minimum Gasteiger partial charge on any atom is -0.352 e. The number of carbonyl (C=O) groups excluding carboxylic acids is 2. The molecule has 4 rings (SSSR count). The van der Waals surface area contributed by atoms with E-state index in [9.17, 15) is 18.0 Å². The average molecular weight is 681 g/mol. The van der Waals surface area contributed by atoms with E-state index in [2.05, 4.69) is 21.2 Å². The molecule has 0 heterocycles. The third kappa shape index (κ3) is 8.03. The van der Waals surface area contributed by atoms with Gasteiger partial charge >= 0.3 is 0 Å². The Balaban J connectivity index is 1.69. The zero-order valence-electron chi connectivity index (χ0n) is 22.6. The molecule has 11 heteroatoms. The first-order chi connectivity index (χ1) is 19.6. The SMILES string of the molecule is C[C@@H](C(=O)NC1CCCCC1)N(Cc1cccc(Br)c1)C(=O)CN(c1ccc(Cl)cc1Cl)S(=O)(=O)c1ccccc1. The Morgan fingerprint density at radius 1 is 0.976 bits per heavy atom. The summed E-state index contributed by atoms with van der Waals surface area (Å²) in [4.78, 5) is 28.9. The molecule has 1 atom stereocenters. The minimum atomic E-state index is -4.22. The number of nitrogens with zero attached hydrogens (tertiary/aromatic N) is 2. The summed E-state index contributed by atoms with van der Waals surface area (Å²) in [5.74, 6) is -0.830. The van der Waals surface area contributed by atoms with Gasteiger partial charge in [-0.25, -0.2) is 8.42 Å². The summed E-state index contributed by atoms with van der Waals surface area (Å²) in [5.41, 5.74) is 0.891. The number of halogens is 3. The van der Waals surface area contributed by atoms with E-state index in [4.69, 9.17) is 23.2 Å². The lowest BCUT2D eigenvalue weighted by atomic mass is 9.95. The minimum absolute atomic E-state index is 0.000414. The molecule has 0 aromatic heterocycles. The number of sulfonamides is 1. The molecule has 1 aliphatic carbocycles. The van der Waals surface area contributed by atoms with Crippen LogP contribution in [0.2, 0.25) is 10.0 Å². The topological polar surface area (TPSA) is 86.8 Å². The van der Waals surface area contributed by atoms with E-state index in [-0.39, 0.29) is 34.1 Å². The van der Waals surface area contributed by atoms with Crippen molar-refractivity contribution in [2.75, 3.05) is 10.8 Å². The average Bonchev–Trinajstić information content (AvgIpc) is 2.95. The van der Waals surface area contributed by atoms with Gasteiger partial charge < -0.3 is 10.2 Å². The van der Waals surface area contributed by atoms with Gasteiger partial charge in [0.1, 0.15) is 12.6 Å². The summed E-state index contributed by atoms with van der Waals surface area (Å²) in [6, 6.07) is 18.9. The lowest BCUT2D eigenvalue weighted by Crippen LogP contribution is -2.53. The predicted molar refractivity (Wildman–Crippen MR) is 167 cm³/mol. The van der Waals surface area contributed by atoms with Gasteiger partial charge in [-0.05, 0) is 67.8 Å². The number of hydrogen-bond donors (Lipinski definition) is 1. The van der Waals surface area contributed by atoms with Crippen LogP contribution in [-0.2, 0) is 26.2 Å². The van der Waals surface area contributed by atoms with E-state index in [1.54, 1.807) is 25.1 Å². The van der Waals surface area contributed by atoms with Crippen LogP contribution < -0.4 is 9.62 Å². The highest BCUT2D eigenvalue weighted by Crippen LogP contribution is 2.33. The van der Waals surface area contributed by atoms with Gasteiger partial charge in [0.05, 0.1) is 15.6 Å². The van der Waals surface area contributed by atoms with Crippen molar-refractivity contribution in [3.63, 3.8) is 0 Å². The molecule has 2 amide bonds. The maximum absolute atomic E-state index is 14.1. The van der Waals surface area contributed by atoms with Crippen molar-refractivity contribution in [3.8, 4) is 0 Å². The Labute approximate surface area is 260 Å². The quantitative estimate of drug-likeness (QED) is 0.255. The first-order valence-electron chi connectivity index (χ1n) is 13.4. The van der Waals surface area contributed by atoms with Crippen molar-refractivity contribution in [1.29, 1.82) is 0 Å². The van der Waals surface area contributed by atoms with Gasteiger partial charge in [-0.3, -0.25) is 13.9 Å². The molecule has 3 aromatic carbocycles. The van der Waals surface area contributed by atoms with Crippen LogP contribution in [0.4, 0.5) is 5.69 Å². The molecule has 3 aromatic rings. The second kappa shape index (κ2) is 14.1. The molecule has 1 aliphatic rings. The second-order valence-corrected chi connectivity index (χ2v) is 13.7. The third-order valence-corrected chi connectivity index (χ3v) is 9.95. The molecule has 0 spiro atoms. The molecular weight excluding hydrogens is 649 g/mol. The molecule has 218 valence electrons. The van der Waals surface area contributed by atoms with E-state index >= 15 is 0 Å².